The predicted molar refractivity (Wildman–Crippen MR) is 52.3 cm³/mol. The predicted octanol–water partition coefficient (Wildman–Crippen LogP) is 1.04. The summed E-state index contributed by atoms with van der Waals surface area (Å²) < 4.78 is 5.10. The van der Waals surface area contributed by atoms with Gasteiger partial charge in [0, 0.05) is 0 Å². The van der Waals surface area contributed by atoms with Crippen LogP contribution in [0.5, 0.6) is 5.75 Å². The van der Waals surface area contributed by atoms with Gasteiger partial charge in [0.2, 0.25) is 0 Å². The van der Waals surface area contributed by atoms with Crippen molar-refractivity contribution in [2.75, 3.05) is 7.11 Å². The van der Waals surface area contributed by atoms with Gasteiger partial charge >= 0.3 is 0 Å². The smallest absolute Gasteiger partial charge is 0.119 e. The fraction of sp³-hybridized carbons (Fsp3) is 0.455. The van der Waals surface area contributed by atoms with Crippen LogP contribution in [0, 0.1) is 0 Å². The molecular weight excluding hydrogens is 180 g/mol. The van der Waals surface area contributed by atoms with Crippen molar-refractivity contribution >= 4 is 0 Å². The first kappa shape index (κ1) is 9.49. The molecule has 0 radical (unpaired) electrons. The average Bonchev–Trinajstić information content (AvgIpc) is 2.23. The number of hydrogen-bond acceptors (Lipinski definition) is 3. The maximum Gasteiger partial charge on any atom is 0.119 e. The Morgan fingerprint density at radius 3 is 2.86 bits per heavy atom. The van der Waals surface area contributed by atoms with Gasteiger partial charge in [-0.2, -0.15) is 0 Å². The molecule has 0 aromatic heterocycles. The Morgan fingerprint density at radius 2 is 2.14 bits per heavy atom. The highest BCUT2D eigenvalue weighted by atomic mass is 16.5. The molecule has 2 atom stereocenters. The van der Waals surface area contributed by atoms with Crippen LogP contribution in [0.25, 0.3) is 0 Å². The first-order valence-corrected chi connectivity index (χ1v) is 4.75. The van der Waals surface area contributed by atoms with Gasteiger partial charge in [0.05, 0.1) is 13.2 Å². The van der Waals surface area contributed by atoms with E-state index in [2.05, 4.69) is 0 Å². The van der Waals surface area contributed by atoms with Crippen LogP contribution in [0.1, 0.15) is 23.7 Å². The molecular formula is C11H14O3. The molecule has 1 aliphatic rings. The van der Waals surface area contributed by atoms with E-state index >= 15 is 0 Å². The first-order valence-electron chi connectivity index (χ1n) is 4.75. The van der Waals surface area contributed by atoms with Gasteiger partial charge in [-0.3, -0.25) is 0 Å². The lowest BCUT2D eigenvalue weighted by Crippen LogP contribution is -2.24. The lowest BCUT2D eigenvalue weighted by atomic mass is 9.87. The highest BCUT2D eigenvalue weighted by molar-refractivity contribution is 5.39. The normalized spacial score (nSPS) is 25.6. The minimum atomic E-state index is -0.746. The quantitative estimate of drug-likeness (QED) is 0.702. The molecule has 0 spiro atoms. The third kappa shape index (κ3) is 1.49. The van der Waals surface area contributed by atoms with E-state index in [4.69, 9.17) is 4.74 Å². The van der Waals surface area contributed by atoms with Crippen LogP contribution in [-0.2, 0) is 6.42 Å². The van der Waals surface area contributed by atoms with E-state index in [9.17, 15) is 10.2 Å². The van der Waals surface area contributed by atoms with E-state index in [0.29, 0.717) is 6.42 Å². The summed E-state index contributed by atoms with van der Waals surface area (Å²) in [6.45, 7) is 0. The van der Waals surface area contributed by atoms with Crippen molar-refractivity contribution in [2.45, 2.75) is 25.0 Å². The zero-order valence-electron chi connectivity index (χ0n) is 8.10. The number of aryl methyl sites for hydroxylation is 1. The maximum absolute atomic E-state index is 9.70. The zero-order chi connectivity index (χ0) is 10.1. The van der Waals surface area contributed by atoms with Crippen LogP contribution in [-0.4, -0.2) is 23.4 Å². The molecule has 0 heterocycles. The van der Waals surface area contributed by atoms with Gasteiger partial charge in [0.15, 0.2) is 0 Å². The number of hydrogen-bond donors (Lipinski definition) is 2. The summed E-state index contributed by atoms with van der Waals surface area (Å²) in [6.07, 6.45) is 0.0343. The third-order valence-electron chi connectivity index (χ3n) is 2.74. The molecule has 3 heteroatoms. The summed E-state index contributed by atoms with van der Waals surface area (Å²) >= 11 is 0. The summed E-state index contributed by atoms with van der Waals surface area (Å²) in [5.74, 6) is 0.798. The molecule has 0 unspecified atom stereocenters. The van der Waals surface area contributed by atoms with Crippen molar-refractivity contribution in [1.29, 1.82) is 0 Å². The van der Waals surface area contributed by atoms with Crippen LogP contribution in [0.15, 0.2) is 18.2 Å². The van der Waals surface area contributed by atoms with Gasteiger partial charge < -0.3 is 14.9 Å². The molecule has 1 aliphatic carbocycles. The van der Waals surface area contributed by atoms with Crippen LogP contribution in [0.2, 0.25) is 0 Å². The highest BCUT2D eigenvalue weighted by Crippen LogP contribution is 2.32. The van der Waals surface area contributed by atoms with Crippen molar-refractivity contribution < 1.29 is 14.9 Å². The highest BCUT2D eigenvalue weighted by Gasteiger charge is 2.26. The average molecular weight is 194 g/mol. The largest absolute Gasteiger partial charge is 0.497 e. The van der Waals surface area contributed by atoms with Gasteiger partial charge in [-0.25, -0.2) is 0 Å². The van der Waals surface area contributed by atoms with E-state index in [0.717, 1.165) is 23.3 Å². The summed E-state index contributed by atoms with van der Waals surface area (Å²) in [4.78, 5) is 0. The molecule has 0 bridgehead atoms. The molecule has 0 saturated heterocycles. The minimum Gasteiger partial charge on any atom is -0.497 e. The molecule has 1 aromatic rings. The second kappa shape index (κ2) is 3.59. The Labute approximate surface area is 83.0 Å². The van der Waals surface area contributed by atoms with Crippen LogP contribution >= 0.6 is 0 Å². The monoisotopic (exact) mass is 194 g/mol. The summed E-state index contributed by atoms with van der Waals surface area (Å²) in [6, 6.07) is 5.55. The summed E-state index contributed by atoms with van der Waals surface area (Å²) in [5, 5.41) is 19.2. The maximum atomic E-state index is 9.70. The fourth-order valence-electron chi connectivity index (χ4n) is 1.88. The van der Waals surface area contributed by atoms with Crippen molar-refractivity contribution in [3.63, 3.8) is 0 Å². The molecule has 0 aliphatic heterocycles. The van der Waals surface area contributed by atoms with Crippen LogP contribution in [0.3, 0.4) is 0 Å². The van der Waals surface area contributed by atoms with E-state index < -0.39 is 12.2 Å². The number of benzene rings is 1. The first-order chi connectivity index (χ1) is 6.72. The SMILES string of the molecule is COc1ccc2c(c1)CC[C@H](O)[C@H]2O. The van der Waals surface area contributed by atoms with E-state index in [1.165, 1.54) is 0 Å². The number of ether oxygens (including phenoxy) is 1. The number of aliphatic hydroxyl groups is 2. The number of aliphatic hydroxyl groups excluding tert-OH is 2. The Bertz CT molecular complexity index is 335. The molecule has 1 aromatic carbocycles. The fourth-order valence-corrected chi connectivity index (χ4v) is 1.88. The van der Waals surface area contributed by atoms with Crippen molar-refractivity contribution in [1.82, 2.24) is 0 Å². The van der Waals surface area contributed by atoms with Gasteiger partial charge in [0.25, 0.3) is 0 Å². The van der Waals surface area contributed by atoms with Crippen LogP contribution < -0.4 is 4.74 Å². The van der Waals surface area contributed by atoms with Gasteiger partial charge in [-0.05, 0) is 36.1 Å². The third-order valence-corrected chi connectivity index (χ3v) is 2.74. The minimum absolute atomic E-state index is 0.612. The van der Waals surface area contributed by atoms with Crippen molar-refractivity contribution in [2.24, 2.45) is 0 Å². The lowest BCUT2D eigenvalue weighted by molar-refractivity contribution is 0.00644. The van der Waals surface area contributed by atoms with Gasteiger partial charge in [-0.1, -0.05) is 6.07 Å². The molecule has 2 rings (SSSR count). The van der Waals surface area contributed by atoms with Gasteiger partial charge in [-0.15, -0.1) is 0 Å². The number of fused-ring (bicyclic) bond motifs is 1. The zero-order valence-corrected chi connectivity index (χ0v) is 8.10. The van der Waals surface area contributed by atoms with E-state index in [1.807, 2.05) is 12.1 Å². The second-order valence-corrected chi connectivity index (χ2v) is 3.62. The molecule has 0 saturated carbocycles. The standard InChI is InChI=1S/C11H14O3/c1-14-8-3-4-9-7(6-8)2-5-10(12)11(9)13/h3-4,6,10-13H,2,5H2,1H3/t10-,11-/m0/s1. The van der Waals surface area contributed by atoms with Crippen molar-refractivity contribution in [3.05, 3.63) is 29.3 Å². The number of rotatable bonds is 1. The van der Waals surface area contributed by atoms with E-state index in [-0.39, 0.29) is 0 Å². The molecule has 0 amide bonds. The molecule has 3 nitrogen and oxygen atoms in total. The Hall–Kier alpha value is -1.06. The molecule has 2 N–H and O–H groups in total. The summed E-state index contributed by atoms with van der Waals surface area (Å²) in [5.41, 5.74) is 1.90. The van der Waals surface area contributed by atoms with E-state index in [1.54, 1.807) is 13.2 Å². The Balaban J connectivity index is 2.38. The van der Waals surface area contributed by atoms with Crippen LogP contribution in [0.4, 0.5) is 0 Å². The second-order valence-electron chi connectivity index (χ2n) is 3.62. The Morgan fingerprint density at radius 1 is 1.36 bits per heavy atom. The molecule has 0 fully saturated rings. The van der Waals surface area contributed by atoms with Gasteiger partial charge in [0.1, 0.15) is 11.9 Å². The Kier molecular flexibility index (Phi) is 2.44. The molecule has 14 heavy (non-hydrogen) atoms. The lowest BCUT2D eigenvalue weighted by Gasteiger charge is -2.26. The van der Waals surface area contributed by atoms with Crippen molar-refractivity contribution in [3.8, 4) is 5.75 Å². The number of methoxy groups -OCH3 is 1. The molecule has 76 valence electrons. The summed E-state index contributed by atoms with van der Waals surface area (Å²) in [7, 11) is 1.62. The topological polar surface area (TPSA) is 49.7 Å².